The number of hydrogen-bond donors (Lipinski definition) is 1. The van der Waals surface area contributed by atoms with Crippen molar-refractivity contribution in [2.45, 2.75) is 112 Å². The molecule has 0 aliphatic heterocycles. The first-order valence-electron chi connectivity index (χ1n) is 13.3. The fraction of sp³-hybridized carbons (Fsp3) is 0.931. The fourth-order valence-electron chi connectivity index (χ4n) is 11.3. The Hall–Kier alpha value is -0.300. The quantitative estimate of drug-likeness (QED) is 0.439. The summed E-state index contributed by atoms with van der Waals surface area (Å²) in [5.74, 6) is 5.09. The molecule has 1 nitrogen and oxygen atoms in total. The zero-order valence-electron chi connectivity index (χ0n) is 20.8. The molecule has 170 valence electrons. The van der Waals surface area contributed by atoms with E-state index in [-0.39, 0.29) is 11.5 Å². The summed E-state index contributed by atoms with van der Waals surface area (Å²) in [6.07, 6.45) is 13.5. The maximum absolute atomic E-state index is 10.8. The lowest BCUT2D eigenvalue weighted by molar-refractivity contribution is -0.218. The molecule has 5 saturated carbocycles. The van der Waals surface area contributed by atoms with Crippen molar-refractivity contribution in [3.8, 4) is 0 Å². The highest BCUT2D eigenvalue weighted by Gasteiger charge is 2.66. The van der Waals surface area contributed by atoms with Crippen LogP contribution in [0.25, 0.3) is 0 Å². The molecule has 0 spiro atoms. The van der Waals surface area contributed by atoms with Crippen LogP contribution in [-0.2, 0) is 0 Å². The Balaban J connectivity index is 1.47. The van der Waals surface area contributed by atoms with E-state index in [1.807, 2.05) is 0 Å². The van der Waals surface area contributed by atoms with Crippen LogP contribution in [0.1, 0.15) is 106 Å². The Morgan fingerprint density at radius 3 is 1.93 bits per heavy atom. The number of fused-ring (bicyclic) bond motifs is 7. The smallest absolute Gasteiger partial charge is 0.0594 e. The summed E-state index contributed by atoms with van der Waals surface area (Å²) in [6.45, 7) is 19.5. The Bertz CT molecular complexity index is 722. The molecule has 10 atom stereocenters. The molecule has 5 aliphatic rings. The van der Waals surface area contributed by atoms with Crippen molar-refractivity contribution < 1.29 is 5.11 Å². The van der Waals surface area contributed by atoms with E-state index in [4.69, 9.17) is 0 Å². The van der Waals surface area contributed by atoms with Crippen LogP contribution in [0.15, 0.2) is 12.2 Å². The highest BCUT2D eigenvalue weighted by molar-refractivity contribution is 5.17. The molecule has 1 N–H and O–H groups in total. The Morgan fingerprint density at radius 2 is 1.23 bits per heavy atom. The molecular weight excluding hydrogens is 364 g/mol. The summed E-state index contributed by atoms with van der Waals surface area (Å²) in [6, 6.07) is 0. The van der Waals surface area contributed by atoms with Crippen LogP contribution in [0, 0.1) is 57.2 Å². The van der Waals surface area contributed by atoms with Gasteiger partial charge in [-0.2, -0.15) is 0 Å². The molecule has 0 amide bonds. The van der Waals surface area contributed by atoms with Crippen molar-refractivity contribution in [3.05, 3.63) is 12.2 Å². The summed E-state index contributed by atoms with van der Waals surface area (Å²) in [5, 5.41) is 10.8. The lowest BCUT2D eigenvalue weighted by atomic mass is 9.35. The lowest BCUT2D eigenvalue weighted by Crippen LogP contribution is -2.63. The second-order valence-corrected chi connectivity index (χ2v) is 14.0. The summed E-state index contributed by atoms with van der Waals surface area (Å²) in [4.78, 5) is 0. The van der Waals surface area contributed by atoms with Gasteiger partial charge in [-0.25, -0.2) is 0 Å². The second-order valence-electron chi connectivity index (χ2n) is 14.0. The van der Waals surface area contributed by atoms with Crippen molar-refractivity contribution in [2.75, 3.05) is 0 Å². The number of rotatable bonds is 1. The van der Waals surface area contributed by atoms with Crippen LogP contribution in [0.2, 0.25) is 0 Å². The minimum absolute atomic E-state index is 0.0784. The van der Waals surface area contributed by atoms with E-state index < -0.39 is 0 Å². The average molecular weight is 413 g/mol. The van der Waals surface area contributed by atoms with Gasteiger partial charge in [0.1, 0.15) is 0 Å². The van der Waals surface area contributed by atoms with Gasteiger partial charge in [-0.1, -0.05) is 46.8 Å². The van der Waals surface area contributed by atoms with Crippen LogP contribution >= 0.6 is 0 Å². The van der Waals surface area contributed by atoms with Gasteiger partial charge >= 0.3 is 0 Å². The van der Waals surface area contributed by atoms with E-state index in [2.05, 4.69) is 48.1 Å². The van der Waals surface area contributed by atoms with Gasteiger partial charge < -0.3 is 5.11 Å². The largest absolute Gasteiger partial charge is 0.393 e. The molecule has 30 heavy (non-hydrogen) atoms. The standard InChI is InChI=1S/C29H48O/c1-18(2)19-12-15-27(5)20(19)8-9-22-21(27)10-11-24-28(22,6)16-13-23-26(3,4)25(30)14-17-29(23,24)7/h19-25,30H,1,8-17H2,2-7H3. The van der Waals surface area contributed by atoms with Gasteiger partial charge in [0.05, 0.1) is 6.10 Å². The molecule has 5 rings (SSSR count). The number of aliphatic hydroxyl groups excluding tert-OH is 1. The monoisotopic (exact) mass is 412 g/mol. The predicted octanol–water partition coefficient (Wildman–Crippen LogP) is 7.63. The van der Waals surface area contributed by atoms with E-state index in [9.17, 15) is 5.11 Å². The molecule has 0 aromatic carbocycles. The van der Waals surface area contributed by atoms with Gasteiger partial charge in [0.2, 0.25) is 0 Å². The molecule has 0 saturated heterocycles. The Labute approximate surface area is 186 Å². The van der Waals surface area contributed by atoms with Gasteiger partial charge in [-0.15, -0.1) is 0 Å². The van der Waals surface area contributed by atoms with Gasteiger partial charge in [0.15, 0.2) is 0 Å². The van der Waals surface area contributed by atoms with Gasteiger partial charge in [-0.05, 0) is 128 Å². The molecule has 0 aromatic heterocycles. The van der Waals surface area contributed by atoms with Crippen molar-refractivity contribution in [3.63, 3.8) is 0 Å². The highest BCUT2D eigenvalue weighted by Crippen LogP contribution is 2.74. The first-order valence-corrected chi connectivity index (χ1v) is 13.3. The summed E-state index contributed by atoms with van der Waals surface area (Å²) in [5.41, 5.74) is 3.03. The van der Waals surface area contributed by atoms with Crippen molar-refractivity contribution >= 4 is 0 Å². The van der Waals surface area contributed by atoms with E-state index >= 15 is 0 Å². The molecule has 10 unspecified atom stereocenters. The van der Waals surface area contributed by atoms with Crippen molar-refractivity contribution in [1.29, 1.82) is 0 Å². The maximum Gasteiger partial charge on any atom is 0.0594 e. The molecule has 5 fully saturated rings. The minimum atomic E-state index is -0.108. The molecule has 0 radical (unpaired) electrons. The average Bonchev–Trinajstić information content (AvgIpc) is 3.02. The SMILES string of the molecule is C=C(C)C1CCC2(C)C1CCC1C2CCC2C1(C)CCC1C(C)(C)C(O)CCC12C. The molecule has 0 aromatic rings. The molecule has 0 heterocycles. The summed E-state index contributed by atoms with van der Waals surface area (Å²) in [7, 11) is 0. The second kappa shape index (κ2) is 6.61. The van der Waals surface area contributed by atoms with E-state index in [0.717, 1.165) is 36.0 Å². The third-order valence-corrected chi connectivity index (χ3v) is 12.8. The van der Waals surface area contributed by atoms with Gasteiger partial charge in [-0.3, -0.25) is 0 Å². The van der Waals surface area contributed by atoms with Crippen LogP contribution in [0.4, 0.5) is 0 Å². The third kappa shape index (κ3) is 2.57. The van der Waals surface area contributed by atoms with Crippen LogP contribution < -0.4 is 0 Å². The van der Waals surface area contributed by atoms with Gasteiger partial charge in [0.25, 0.3) is 0 Å². The van der Waals surface area contributed by atoms with E-state index in [1.54, 1.807) is 0 Å². The Morgan fingerprint density at radius 1 is 0.667 bits per heavy atom. The van der Waals surface area contributed by atoms with Crippen LogP contribution in [0.3, 0.4) is 0 Å². The molecule has 1 heteroatoms. The molecule has 0 bridgehead atoms. The highest BCUT2D eigenvalue weighted by atomic mass is 16.3. The number of aliphatic hydroxyl groups is 1. The molecule has 5 aliphatic carbocycles. The van der Waals surface area contributed by atoms with Crippen molar-refractivity contribution in [2.24, 2.45) is 57.2 Å². The lowest BCUT2D eigenvalue weighted by Gasteiger charge is -2.69. The normalized spacial score (nSPS) is 57.0. The zero-order chi connectivity index (χ0) is 21.7. The maximum atomic E-state index is 10.8. The van der Waals surface area contributed by atoms with Crippen LogP contribution in [-0.4, -0.2) is 11.2 Å². The first kappa shape index (κ1) is 21.5. The first-order chi connectivity index (χ1) is 14.0. The summed E-state index contributed by atoms with van der Waals surface area (Å²) < 4.78 is 0. The summed E-state index contributed by atoms with van der Waals surface area (Å²) >= 11 is 0. The van der Waals surface area contributed by atoms with Crippen LogP contribution in [0.5, 0.6) is 0 Å². The minimum Gasteiger partial charge on any atom is -0.393 e. The van der Waals surface area contributed by atoms with E-state index in [0.29, 0.717) is 22.2 Å². The number of allylic oxidation sites excluding steroid dienone is 1. The predicted molar refractivity (Wildman–Crippen MR) is 126 cm³/mol. The topological polar surface area (TPSA) is 20.2 Å². The van der Waals surface area contributed by atoms with Gasteiger partial charge in [0, 0.05) is 0 Å². The number of hydrogen-bond acceptors (Lipinski definition) is 1. The fourth-order valence-corrected chi connectivity index (χ4v) is 11.3. The van der Waals surface area contributed by atoms with E-state index in [1.165, 1.54) is 63.4 Å². The van der Waals surface area contributed by atoms with Crippen molar-refractivity contribution in [1.82, 2.24) is 0 Å². The molecular formula is C29H48O. The third-order valence-electron chi connectivity index (χ3n) is 12.8. The zero-order valence-corrected chi connectivity index (χ0v) is 20.8. The Kier molecular flexibility index (Phi) is 4.75.